The van der Waals surface area contributed by atoms with Gasteiger partial charge in [-0.3, -0.25) is 4.84 Å². The summed E-state index contributed by atoms with van der Waals surface area (Å²) in [6.45, 7) is 4.49. The summed E-state index contributed by atoms with van der Waals surface area (Å²) in [6.07, 6.45) is 10.5. The van der Waals surface area contributed by atoms with Crippen molar-refractivity contribution in [2.24, 2.45) is 23.2 Å². The molecule has 3 heteroatoms. The van der Waals surface area contributed by atoms with Gasteiger partial charge in [0.15, 0.2) is 0 Å². The highest BCUT2D eigenvalue weighted by Crippen LogP contribution is 2.61. The molecule has 1 heterocycles. The normalized spacial score (nSPS) is 45.8. The number of rotatable bonds is 4. The number of hydrogen-bond donors (Lipinski definition) is 0. The predicted octanol–water partition coefficient (Wildman–Crippen LogP) is 2.86. The topological polar surface area (TPSA) is 21.7 Å². The van der Waals surface area contributed by atoms with Crippen molar-refractivity contribution in [3.63, 3.8) is 0 Å². The first kappa shape index (κ1) is 12.6. The summed E-state index contributed by atoms with van der Waals surface area (Å²) in [6, 6.07) is 0. The van der Waals surface area contributed by atoms with Crippen molar-refractivity contribution in [2.75, 3.05) is 32.9 Å². The molecular weight excluding hydrogens is 238 g/mol. The zero-order valence-corrected chi connectivity index (χ0v) is 12.0. The van der Waals surface area contributed by atoms with Crippen LogP contribution < -0.4 is 0 Å². The molecule has 4 saturated carbocycles. The maximum atomic E-state index is 5.98. The Balaban J connectivity index is 1.30. The van der Waals surface area contributed by atoms with Crippen molar-refractivity contribution in [1.29, 1.82) is 0 Å². The van der Waals surface area contributed by atoms with Gasteiger partial charge in [0.05, 0.1) is 19.8 Å². The van der Waals surface area contributed by atoms with E-state index in [2.05, 4.69) is 5.06 Å². The molecule has 0 spiro atoms. The summed E-state index contributed by atoms with van der Waals surface area (Å²) in [7, 11) is 0. The first-order chi connectivity index (χ1) is 9.31. The van der Waals surface area contributed by atoms with Crippen molar-refractivity contribution in [1.82, 2.24) is 5.06 Å². The van der Waals surface area contributed by atoms with E-state index in [0.717, 1.165) is 50.7 Å². The number of hydrogen-bond acceptors (Lipinski definition) is 3. The minimum Gasteiger partial charge on any atom is -0.379 e. The van der Waals surface area contributed by atoms with Gasteiger partial charge < -0.3 is 4.74 Å². The van der Waals surface area contributed by atoms with Gasteiger partial charge in [0.1, 0.15) is 0 Å². The first-order valence-electron chi connectivity index (χ1n) is 8.27. The molecule has 0 atom stereocenters. The molecule has 4 aliphatic carbocycles. The van der Waals surface area contributed by atoms with Crippen LogP contribution in [0, 0.1) is 23.2 Å². The van der Waals surface area contributed by atoms with E-state index in [1.807, 2.05) is 0 Å². The van der Waals surface area contributed by atoms with Gasteiger partial charge in [-0.25, -0.2) is 0 Å². The fourth-order valence-corrected chi connectivity index (χ4v) is 5.66. The maximum Gasteiger partial charge on any atom is 0.0690 e. The minimum atomic E-state index is 0.668. The predicted molar refractivity (Wildman–Crippen MR) is 73.6 cm³/mol. The van der Waals surface area contributed by atoms with Crippen LogP contribution in [0.5, 0.6) is 0 Å². The lowest BCUT2D eigenvalue weighted by Gasteiger charge is -2.57. The molecule has 4 bridgehead atoms. The van der Waals surface area contributed by atoms with Gasteiger partial charge >= 0.3 is 0 Å². The molecule has 0 aromatic carbocycles. The summed E-state index contributed by atoms with van der Waals surface area (Å²) in [4.78, 5) is 5.98. The van der Waals surface area contributed by atoms with Crippen LogP contribution in [0.15, 0.2) is 0 Å². The Morgan fingerprint density at radius 3 is 2.11 bits per heavy atom. The Morgan fingerprint density at radius 2 is 1.53 bits per heavy atom. The second-order valence-corrected chi connectivity index (χ2v) is 7.54. The second-order valence-electron chi connectivity index (χ2n) is 7.54. The number of hydroxylamine groups is 2. The summed E-state index contributed by atoms with van der Waals surface area (Å²) < 4.78 is 5.36. The molecular formula is C16H27NO2. The summed E-state index contributed by atoms with van der Waals surface area (Å²) in [5.74, 6) is 3.19. The molecule has 0 aromatic rings. The van der Waals surface area contributed by atoms with E-state index < -0.39 is 0 Å². The van der Waals surface area contributed by atoms with Gasteiger partial charge in [-0.2, -0.15) is 5.06 Å². The van der Waals surface area contributed by atoms with Crippen LogP contribution in [0.2, 0.25) is 0 Å². The largest absolute Gasteiger partial charge is 0.379 e. The monoisotopic (exact) mass is 265 g/mol. The third kappa shape index (κ3) is 2.57. The van der Waals surface area contributed by atoms with Gasteiger partial charge in [0, 0.05) is 13.1 Å². The standard InChI is InChI=1S/C16H27NO2/c1(4-19-17-2-5-18-6-3-17)16-10-13-7-14(11-16)9-15(8-13)12-16/h13-15H,1-12H2. The van der Waals surface area contributed by atoms with E-state index in [0.29, 0.717) is 5.41 Å². The smallest absolute Gasteiger partial charge is 0.0690 e. The van der Waals surface area contributed by atoms with E-state index in [9.17, 15) is 0 Å². The van der Waals surface area contributed by atoms with Crippen LogP contribution >= 0.6 is 0 Å². The van der Waals surface area contributed by atoms with Gasteiger partial charge in [0.25, 0.3) is 0 Å². The SMILES string of the molecule is C1CN(OCCC23CC4CC(CC(C4)C2)C3)CCO1. The molecule has 108 valence electrons. The first-order valence-corrected chi connectivity index (χ1v) is 8.27. The third-order valence-electron chi connectivity index (χ3n) is 6.04. The lowest BCUT2D eigenvalue weighted by atomic mass is 9.49. The zero-order valence-electron chi connectivity index (χ0n) is 12.0. The van der Waals surface area contributed by atoms with Crippen molar-refractivity contribution in [2.45, 2.75) is 44.9 Å². The summed E-state index contributed by atoms with van der Waals surface area (Å²) in [5, 5.41) is 2.12. The van der Waals surface area contributed by atoms with Gasteiger partial charge in [-0.15, -0.1) is 0 Å². The number of ether oxygens (including phenoxy) is 1. The highest BCUT2D eigenvalue weighted by atomic mass is 16.7. The average molecular weight is 265 g/mol. The van der Waals surface area contributed by atoms with Gasteiger partial charge in [-0.1, -0.05) is 0 Å². The Morgan fingerprint density at radius 1 is 0.947 bits per heavy atom. The van der Waals surface area contributed by atoms with Crippen LogP contribution in [-0.4, -0.2) is 38.0 Å². The Bertz CT molecular complexity index is 289. The van der Waals surface area contributed by atoms with Crippen LogP contribution in [0.3, 0.4) is 0 Å². The molecule has 1 saturated heterocycles. The van der Waals surface area contributed by atoms with Crippen molar-refractivity contribution >= 4 is 0 Å². The fourth-order valence-electron chi connectivity index (χ4n) is 5.66. The van der Waals surface area contributed by atoms with E-state index in [4.69, 9.17) is 9.57 Å². The van der Waals surface area contributed by atoms with Crippen LogP contribution in [-0.2, 0) is 9.57 Å². The van der Waals surface area contributed by atoms with E-state index in [-0.39, 0.29) is 0 Å². The molecule has 19 heavy (non-hydrogen) atoms. The van der Waals surface area contributed by atoms with Gasteiger partial charge in [-0.05, 0) is 68.1 Å². The molecule has 0 unspecified atom stereocenters. The lowest BCUT2D eigenvalue weighted by Crippen LogP contribution is -2.46. The van der Waals surface area contributed by atoms with Crippen LogP contribution in [0.4, 0.5) is 0 Å². The lowest BCUT2D eigenvalue weighted by molar-refractivity contribution is -0.203. The second kappa shape index (κ2) is 5.01. The van der Waals surface area contributed by atoms with E-state index in [1.54, 1.807) is 19.3 Å². The van der Waals surface area contributed by atoms with Gasteiger partial charge in [0.2, 0.25) is 0 Å². The molecule has 0 N–H and O–H groups in total. The van der Waals surface area contributed by atoms with Crippen molar-refractivity contribution in [3.8, 4) is 0 Å². The molecule has 3 nitrogen and oxygen atoms in total. The Kier molecular flexibility index (Phi) is 3.33. The van der Waals surface area contributed by atoms with Crippen molar-refractivity contribution in [3.05, 3.63) is 0 Å². The molecule has 0 radical (unpaired) electrons. The summed E-state index contributed by atoms with van der Waals surface area (Å²) in [5.41, 5.74) is 0.668. The molecule has 0 amide bonds. The number of morpholine rings is 1. The van der Waals surface area contributed by atoms with Crippen LogP contribution in [0.1, 0.15) is 44.9 Å². The van der Waals surface area contributed by atoms with E-state index >= 15 is 0 Å². The van der Waals surface area contributed by atoms with Crippen molar-refractivity contribution < 1.29 is 9.57 Å². The fraction of sp³-hybridized carbons (Fsp3) is 1.00. The minimum absolute atomic E-state index is 0.668. The molecule has 1 aliphatic heterocycles. The average Bonchev–Trinajstić information content (AvgIpc) is 2.38. The Labute approximate surface area is 116 Å². The molecule has 5 fully saturated rings. The van der Waals surface area contributed by atoms with Crippen LogP contribution in [0.25, 0.3) is 0 Å². The quantitative estimate of drug-likeness (QED) is 0.780. The highest BCUT2D eigenvalue weighted by molar-refractivity contribution is 5.01. The molecule has 0 aromatic heterocycles. The number of nitrogens with zero attached hydrogens (tertiary/aromatic N) is 1. The summed E-state index contributed by atoms with van der Waals surface area (Å²) >= 11 is 0. The zero-order chi connectivity index (χ0) is 12.7. The highest BCUT2D eigenvalue weighted by Gasteiger charge is 2.50. The molecule has 5 rings (SSSR count). The Hall–Kier alpha value is -0.120. The maximum absolute atomic E-state index is 5.98. The third-order valence-corrected chi connectivity index (χ3v) is 6.04. The van der Waals surface area contributed by atoms with E-state index in [1.165, 1.54) is 25.7 Å². The molecule has 5 aliphatic rings.